The second-order valence-electron chi connectivity index (χ2n) is 1.43. The maximum absolute atomic E-state index is 5.61. The minimum absolute atomic E-state index is 0.358. The number of pyridine rings is 1. The molecule has 1 rings (SSSR count). The van der Waals surface area contributed by atoms with Gasteiger partial charge in [0.1, 0.15) is 5.15 Å². The van der Waals surface area contributed by atoms with Crippen molar-refractivity contribution >= 4 is 45.8 Å². The summed E-state index contributed by atoms with van der Waals surface area (Å²) in [5.41, 5.74) is 0. The van der Waals surface area contributed by atoms with Crippen molar-refractivity contribution in [1.82, 2.24) is 4.98 Å². The lowest BCUT2D eigenvalue weighted by Crippen LogP contribution is -1.77. The van der Waals surface area contributed by atoms with Crippen LogP contribution in [-0.2, 0) is 0 Å². The molecule has 0 saturated carbocycles. The summed E-state index contributed by atoms with van der Waals surface area (Å²) < 4.78 is 0.988. The fourth-order valence-corrected chi connectivity index (χ4v) is 1.30. The van der Waals surface area contributed by atoms with Crippen molar-refractivity contribution < 1.29 is 0 Å². The van der Waals surface area contributed by atoms with Crippen molar-refractivity contribution in [2.75, 3.05) is 0 Å². The standard InChI is InChI=1S/C5H2Cl2IN/c6-4-1-3(8)2-9-5(4)7/h1-2H. The molecule has 1 aromatic rings. The van der Waals surface area contributed by atoms with Gasteiger partial charge in [0.15, 0.2) is 0 Å². The van der Waals surface area contributed by atoms with Gasteiger partial charge in [-0.25, -0.2) is 4.98 Å². The van der Waals surface area contributed by atoms with Crippen molar-refractivity contribution in [1.29, 1.82) is 0 Å². The molecule has 0 aliphatic rings. The molecule has 9 heavy (non-hydrogen) atoms. The smallest absolute Gasteiger partial charge is 0.147 e. The molecule has 1 heterocycles. The first-order valence-corrected chi connectivity index (χ1v) is 4.00. The Bertz CT molecular complexity index is 226. The van der Waals surface area contributed by atoms with E-state index in [9.17, 15) is 0 Å². The highest BCUT2D eigenvalue weighted by molar-refractivity contribution is 14.1. The lowest BCUT2D eigenvalue weighted by atomic mass is 10.5. The van der Waals surface area contributed by atoms with Crippen LogP contribution in [0.5, 0.6) is 0 Å². The van der Waals surface area contributed by atoms with E-state index >= 15 is 0 Å². The van der Waals surface area contributed by atoms with Gasteiger partial charge >= 0.3 is 0 Å². The molecule has 4 heteroatoms. The summed E-state index contributed by atoms with van der Waals surface area (Å²) in [6, 6.07) is 1.76. The minimum atomic E-state index is 0.358. The third kappa shape index (κ3) is 1.95. The second kappa shape index (κ2) is 3.03. The predicted octanol–water partition coefficient (Wildman–Crippen LogP) is 2.99. The first-order chi connectivity index (χ1) is 4.20. The van der Waals surface area contributed by atoms with Crippen LogP contribution >= 0.6 is 45.8 Å². The van der Waals surface area contributed by atoms with Crippen LogP contribution < -0.4 is 0 Å². The summed E-state index contributed by atoms with van der Waals surface area (Å²) in [5.74, 6) is 0. The molecule has 0 fully saturated rings. The van der Waals surface area contributed by atoms with Crippen molar-refractivity contribution in [2.24, 2.45) is 0 Å². The van der Waals surface area contributed by atoms with Crippen LogP contribution in [0, 0.1) is 3.57 Å². The van der Waals surface area contributed by atoms with Crippen molar-refractivity contribution in [3.8, 4) is 0 Å². The van der Waals surface area contributed by atoms with Crippen LogP contribution in [0.1, 0.15) is 0 Å². The lowest BCUT2D eigenvalue weighted by Gasteiger charge is -1.92. The average molecular weight is 274 g/mol. The largest absolute Gasteiger partial charge is 0.242 e. The third-order valence-corrected chi connectivity index (χ3v) is 2.04. The van der Waals surface area contributed by atoms with E-state index in [-0.39, 0.29) is 0 Å². The first-order valence-electron chi connectivity index (χ1n) is 2.16. The van der Waals surface area contributed by atoms with Crippen molar-refractivity contribution in [2.45, 2.75) is 0 Å². The van der Waals surface area contributed by atoms with Crippen molar-refractivity contribution in [3.05, 3.63) is 26.0 Å². The van der Waals surface area contributed by atoms with E-state index in [1.165, 1.54) is 0 Å². The van der Waals surface area contributed by atoms with Crippen LogP contribution in [0.25, 0.3) is 0 Å². The van der Waals surface area contributed by atoms with Gasteiger partial charge in [-0.15, -0.1) is 0 Å². The van der Waals surface area contributed by atoms with Gasteiger partial charge in [0.2, 0.25) is 0 Å². The zero-order chi connectivity index (χ0) is 6.85. The van der Waals surface area contributed by atoms with Crippen LogP contribution in [0.3, 0.4) is 0 Å². The van der Waals surface area contributed by atoms with Gasteiger partial charge in [-0.1, -0.05) is 23.2 Å². The number of nitrogens with zero attached hydrogens (tertiary/aromatic N) is 1. The molecule has 0 aliphatic carbocycles. The number of rotatable bonds is 0. The van der Waals surface area contributed by atoms with Gasteiger partial charge in [-0.3, -0.25) is 0 Å². The van der Waals surface area contributed by atoms with Gasteiger partial charge in [0.25, 0.3) is 0 Å². The van der Waals surface area contributed by atoms with Crippen molar-refractivity contribution in [3.63, 3.8) is 0 Å². The molecule has 48 valence electrons. The zero-order valence-corrected chi connectivity index (χ0v) is 7.91. The van der Waals surface area contributed by atoms with E-state index in [1.54, 1.807) is 12.3 Å². The Morgan fingerprint density at radius 2 is 2.11 bits per heavy atom. The van der Waals surface area contributed by atoms with E-state index in [0.717, 1.165) is 3.57 Å². The van der Waals surface area contributed by atoms with Crippen LogP contribution in [0.15, 0.2) is 12.3 Å². The Morgan fingerprint density at radius 1 is 1.44 bits per heavy atom. The van der Waals surface area contributed by atoms with E-state index in [1.807, 2.05) is 0 Å². The van der Waals surface area contributed by atoms with Gasteiger partial charge in [-0.2, -0.15) is 0 Å². The summed E-state index contributed by atoms with van der Waals surface area (Å²) in [5, 5.41) is 0.862. The Morgan fingerprint density at radius 3 is 2.56 bits per heavy atom. The topological polar surface area (TPSA) is 12.9 Å². The summed E-state index contributed by atoms with van der Waals surface area (Å²) >= 11 is 13.3. The molecule has 0 aliphatic heterocycles. The molecule has 0 amide bonds. The molecular formula is C5H2Cl2IN. The minimum Gasteiger partial charge on any atom is -0.242 e. The average Bonchev–Trinajstić information content (AvgIpc) is 1.80. The van der Waals surface area contributed by atoms with E-state index in [2.05, 4.69) is 27.6 Å². The van der Waals surface area contributed by atoms with Crippen LogP contribution in [0.4, 0.5) is 0 Å². The highest BCUT2D eigenvalue weighted by Gasteiger charge is 1.96. The fraction of sp³-hybridized carbons (Fsp3) is 0. The molecule has 0 saturated heterocycles. The number of aromatic nitrogens is 1. The summed E-state index contributed by atoms with van der Waals surface area (Å²) in [4.78, 5) is 3.80. The SMILES string of the molecule is Clc1cc(I)cnc1Cl. The normalized spacial score (nSPS) is 9.67. The number of hydrogen-bond acceptors (Lipinski definition) is 1. The molecule has 0 radical (unpaired) electrons. The highest BCUT2D eigenvalue weighted by Crippen LogP contribution is 2.19. The molecular weight excluding hydrogens is 272 g/mol. The zero-order valence-electron chi connectivity index (χ0n) is 4.24. The Labute approximate surface area is 76.5 Å². The molecule has 0 N–H and O–H groups in total. The fourth-order valence-electron chi connectivity index (χ4n) is 0.398. The van der Waals surface area contributed by atoms with Gasteiger partial charge in [0.05, 0.1) is 5.02 Å². The Hall–Kier alpha value is 0.460. The van der Waals surface area contributed by atoms with E-state index in [0.29, 0.717) is 10.2 Å². The Kier molecular flexibility index (Phi) is 2.55. The second-order valence-corrected chi connectivity index (χ2v) is 3.44. The van der Waals surface area contributed by atoms with Gasteiger partial charge in [-0.05, 0) is 28.7 Å². The van der Waals surface area contributed by atoms with Crippen LogP contribution in [0.2, 0.25) is 10.2 Å². The molecule has 0 spiro atoms. The summed E-state index contributed by atoms with van der Waals surface area (Å²) in [6.45, 7) is 0. The van der Waals surface area contributed by atoms with Gasteiger partial charge in [0, 0.05) is 9.77 Å². The third-order valence-electron chi connectivity index (χ3n) is 0.763. The van der Waals surface area contributed by atoms with Gasteiger partial charge < -0.3 is 0 Å². The Balaban J connectivity index is 3.17. The van der Waals surface area contributed by atoms with E-state index < -0.39 is 0 Å². The number of hydrogen-bond donors (Lipinski definition) is 0. The lowest BCUT2D eigenvalue weighted by molar-refractivity contribution is 1.31. The summed E-state index contributed by atoms with van der Waals surface area (Å²) in [7, 11) is 0. The highest BCUT2D eigenvalue weighted by atomic mass is 127. The molecule has 0 atom stereocenters. The summed E-state index contributed by atoms with van der Waals surface area (Å²) in [6.07, 6.45) is 1.66. The maximum Gasteiger partial charge on any atom is 0.147 e. The maximum atomic E-state index is 5.61. The molecule has 1 aromatic heterocycles. The monoisotopic (exact) mass is 273 g/mol. The first kappa shape index (κ1) is 7.57. The van der Waals surface area contributed by atoms with Crippen LogP contribution in [-0.4, -0.2) is 4.98 Å². The number of halogens is 3. The molecule has 0 unspecified atom stereocenters. The molecule has 1 nitrogen and oxygen atoms in total. The predicted molar refractivity (Wildman–Crippen MR) is 47.0 cm³/mol. The quantitative estimate of drug-likeness (QED) is 0.523. The molecule has 0 bridgehead atoms. The molecule has 0 aromatic carbocycles. The van der Waals surface area contributed by atoms with E-state index in [4.69, 9.17) is 23.2 Å².